The Labute approximate surface area is 118 Å². The first kappa shape index (κ1) is 14.1. The molecule has 0 saturated carbocycles. The number of amides is 1. The number of rotatable bonds is 4. The molecule has 0 aliphatic carbocycles. The van der Waals surface area contributed by atoms with E-state index in [-0.39, 0.29) is 11.5 Å². The fraction of sp³-hybridized carbons (Fsp3) is 0.250. The van der Waals surface area contributed by atoms with Gasteiger partial charge in [-0.25, -0.2) is 0 Å². The maximum Gasteiger partial charge on any atom is 0.270 e. The molecule has 1 aromatic heterocycles. The van der Waals surface area contributed by atoms with Crippen LogP contribution in [0.4, 0.5) is 0 Å². The van der Waals surface area contributed by atoms with Gasteiger partial charge in [0.25, 0.3) is 5.91 Å². The maximum atomic E-state index is 12.2. The number of aromatic amines is 1. The number of pyridine rings is 1. The summed E-state index contributed by atoms with van der Waals surface area (Å²) in [7, 11) is 1.72. The molecule has 1 heterocycles. The van der Waals surface area contributed by atoms with E-state index in [0.29, 0.717) is 12.2 Å². The summed E-state index contributed by atoms with van der Waals surface area (Å²) in [4.78, 5) is 27.5. The number of carbonyl (C=O) groups is 1. The van der Waals surface area contributed by atoms with E-state index in [0.717, 1.165) is 12.0 Å². The third-order valence-electron chi connectivity index (χ3n) is 3.20. The van der Waals surface area contributed by atoms with Crippen molar-refractivity contribution in [3.05, 3.63) is 69.6 Å². The van der Waals surface area contributed by atoms with Gasteiger partial charge in [-0.2, -0.15) is 0 Å². The third kappa shape index (κ3) is 3.35. The number of hydrogen-bond donors (Lipinski definition) is 1. The Morgan fingerprint density at radius 3 is 2.35 bits per heavy atom. The van der Waals surface area contributed by atoms with Gasteiger partial charge in [0.05, 0.1) is 0 Å². The van der Waals surface area contributed by atoms with Crippen molar-refractivity contribution >= 4 is 5.91 Å². The summed E-state index contributed by atoms with van der Waals surface area (Å²) in [6.07, 6.45) is 1.00. The van der Waals surface area contributed by atoms with E-state index >= 15 is 0 Å². The lowest BCUT2D eigenvalue weighted by molar-refractivity contribution is 0.0779. The summed E-state index contributed by atoms with van der Waals surface area (Å²) < 4.78 is 0. The van der Waals surface area contributed by atoms with Crippen LogP contribution >= 0.6 is 0 Å². The number of hydrogen-bond acceptors (Lipinski definition) is 2. The van der Waals surface area contributed by atoms with E-state index in [2.05, 4.69) is 24.0 Å². The van der Waals surface area contributed by atoms with E-state index in [4.69, 9.17) is 0 Å². The molecule has 4 nitrogen and oxygen atoms in total. The first-order valence-corrected chi connectivity index (χ1v) is 6.62. The fourth-order valence-corrected chi connectivity index (χ4v) is 2.00. The lowest BCUT2D eigenvalue weighted by Crippen LogP contribution is -2.28. The molecule has 4 heteroatoms. The van der Waals surface area contributed by atoms with E-state index in [1.165, 1.54) is 11.6 Å². The molecule has 1 amide bonds. The van der Waals surface area contributed by atoms with Gasteiger partial charge in [-0.15, -0.1) is 0 Å². The zero-order valence-corrected chi connectivity index (χ0v) is 11.7. The number of carbonyl (C=O) groups excluding carboxylic acids is 1. The molecule has 0 saturated heterocycles. The molecule has 1 aromatic carbocycles. The Bertz CT molecular complexity index is 644. The van der Waals surface area contributed by atoms with Crippen molar-refractivity contribution in [3.63, 3.8) is 0 Å². The molecule has 0 aliphatic heterocycles. The average molecular weight is 270 g/mol. The van der Waals surface area contributed by atoms with Crippen LogP contribution in [0.15, 0.2) is 47.3 Å². The van der Waals surface area contributed by atoms with E-state index < -0.39 is 0 Å². The molecule has 0 radical (unpaired) electrons. The predicted molar refractivity (Wildman–Crippen MR) is 78.7 cm³/mol. The molecular formula is C16H18N2O2. The SMILES string of the molecule is CCc1ccc(CN(C)C(=O)c2cccc(=O)[nH]2)cc1. The summed E-state index contributed by atoms with van der Waals surface area (Å²) in [6, 6.07) is 12.8. The van der Waals surface area contributed by atoms with Gasteiger partial charge in [-0.3, -0.25) is 9.59 Å². The third-order valence-corrected chi connectivity index (χ3v) is 3.20. The highest BCUT2D eigenvalue weighted by Gasteiger charge is 2.12. The molecular weight excluding hydrogens is 252 g/mol. The van der Waals surface area contributed by atoms with E-state index in [1.54, 1.807) is 24.1 Å². The highest BCUT2D eigenvalue weighted by Crippen LogP contribution is 2.09. The summed E-state index contributed by atoms with van der Waals surface area (Å²) in [6.45, 7) is 2.62. The average Bonchev–Trinajstić information content (AvgIpc) is 2.47. The van der Waals surface area contributed by atoms with Crippen molar-refractivity contribution < 1.29 is 4.79 Å². The van der Waals surface area contributed by atoms with Crippen molar-refractivity contribution in [1.29, 1.82) is 0 Å². The Morgan fingerprint density at radius 1 is 1.10 bits per heavy atom. The summed E-state index contributed by atoms with van der Waals surface area (Å²) in [5, 5.41) is 0. The van der Waals surface area contributed by atoms with Gasteiger partial charge in [-0.1, -0.05) is 37.3 Å². The van der Waals surface area contributed by atoms with Crippen LogP contribution in [0.3, 0.4) is 0 Å². The zero-order chi connectivity index (χ0) is 14.5. The summed E-state index contributed by atoms with van der Waals surface area (Å²) in [5.74, 6) is -0.192. The van der Waals surface area contributed by atoms with Gasteiger partial charge >= 0.3 is 0 Å². The maximum absolute atomic E-state index is 12.2. The highest BCUT2D eigenvalue weighted by atomic mass is 16.2. The van der Waals surface area contributed by atoms with Crippen LogP contribution in [0.1, 0.15) is 28.5 Å². The van der Waals surface area contributed by atoms with E-state index in [1.807, 2.05) is 12.1 Å². The topological polar surface area (TPSA) is 53.2 Å². The van der Waals surface area contributed by atoms with Gasteiger partial charge in [-0.05, 0) is 23.6 Å². The van der Waals surface area contributed by atoms with Crippen LogP contribution in [-0.2, 0) is 13.0 Å². The lowest BCUT2D eigenvalue weighted by atomic mass is 10.1. The minimum absolute atomic E-state index is 0.192. The number of H-pyrrole nitrogens is 1. The molecule has 0 aliphatic rings. The normalized spacial score (nSPS) is 10.3. The van der Waals surface area contributed by atoms with Crippen LogP contribution in [0.25, 0.3) is 0 Å². The Kier molecular flexibility index (Phi) is 4.35. The lowest BCUT2D eigenvalue weighted by Gasteiger charge is -2.17. The van der Waals surface area contributed by atoms with Gasteiger partial charge < -0.3 is 9.88 Å². The second-order valence-corrected chi connectivity index (χ2v) is 4.76. The number of aryl methyl sites for hydroxylation is 1. The molecule has 2 aromatic rings. The summed E-state index contributed by atoms with van der Waals surface area (Å²) in [5.41, 5.74) is 2.38. The second-order valence-electron chi connectivity index (χ2n) is 4.76. The largest absolute Gasteiger partial charge is 0.336 e. The van der Waals surface area contributed by atoms with Gasteiger partial charge in [0, 0.05) is 19.7 Å². The first-order valence-electron chi connectivity index (χ1n) is 6.62. The monoisotopic (exact) mass is 270 g/mol. The molecule has 0 spiro atoms. The number of benzene rings is 1. The highest BCUT2D eigenvalue weighted by molar-refractivity contribution is 5.91. The summed E-state index contributed by atoms with van der Waals surface area (Å²) >= 11 is 0. The Balaban J connectivity index is 2.09. The van der Waals surface area contributed by atoms with Gasteiger partial charge in [0.15, 0.2) is 0 Å². The Hall–Kier alpha value is -2.36. The van der Waals surface area contributed by atoms with Crippen LogP contribution in [-0.4, -0.2) is 22.8 Å². The van der Waals surface area contributed by atoms with Crippen LogP contribution in [0.5, 0.6) is 0 Å². The minimum Gasteiger partial charge on any atom is -0.336 e. The number of nitrogens with zero attached hydrogens (tertiary/aromatic N) is 1. The zero-order valence-electron chi connectivity index (χ0n) is 11.7. The minimum atomic E-state index is -0.267. The molecule has 0 atom stereocenters. The predicted octanol–water partition coefficient (Wildman–Crippen LogP) is 2.21. The van der Waals surface area contributed by atoms with Crippen molar-refractivity contribution in [2.75, 3.05) is 7.05 Å². The molecule has 2 rings (SSSR count). The smallest absolute Gasteiger partial charge is 0.270 e. The number of aromatic nitrogens is 1. The van der Waals surface area contributed by atoms with Crippen LogP contribution in [0, 0.1) is 0 Å². The molecule has 0 unspecified atom stereocenters. The second kappa shape index (κ2) is 6.19. The van der Waals surface area contributed by atoms with Crippen molar-refractivity contribution in [1.82, 2.24) is 9.88 Å². The first-order chi connectivity index (χ1) is 9.60. The van der Waals surface area contributed by atoms with Crippen LogP contribution < -0.4 is 5.56 Å². The Morgan fingerprint density at radius 2 is 1.75 bits per heavy atom. The number of nitrogens with one attached hydrogen (secondary N) is 1. The van der Waals surface area contributed by atoms with Gasteiger partial charge in [0.2, 0.25) is 5.56 Å². The standard InChI is InChI=1S/C16H18N2O2/c1-3-12-7-9-13(10-8-12)11-18(2)16(20)14-5-4-6-15(19)17-14/h4-10H,3,11H2,1-2H3,(H,17,19). The quantitative estimate of drug-likeness (QED) is 0.926. The van der Waals surface area contributed by atoms with Crippen molar-refractivity contribution in [3.8, 4) is 0 Å². The van der Waals surface area contributed by atoms with Crippen molar-refractivity contribution in [2.45, 2.75) is 19.9 Å². The molecule has 0 bridgehead atoms. The van der Waals surface area contributed by atoms with Crippen LogP contribution in [0.2, 0.25) is 0 Å². The van der Waals surface area contributed by atoms with Gasteiger partial charge in [0.1, 0.15) is 5.69 Å². The fourth-order valence-electron chi connectivity index (χ4n) is 2.00. The molecule has 104 valence electrons. The molecule has 1 N–H and O–H groups in total. The molecule has 20 heavy (non-hydrogen) atoms. The van der Waals surface area contributed by atoms with E-state index in [9.17, 15) is 9.59 Å². The molecule has 0 fully saturated rings. The van der Waals surface area contributed by atoms with Crippen molar-refractivity contribution in [2.24, 2.45) is 0 Å².